The number of nitrogens with one attached hydrogen (secondary N) is 1. The van der Waals surface area contributed by atoms with Crippen molar-refractivity contribution in [3.63, 3.8) is 0 Å². The standard InChI is InChI=1S/C15H16FN3O4/c1-8(20)17-6-11-7-19(15(22)23-11)10-3-9-4-13(21)18(2)14(9)12(16)5-10/h3,5,11H,4,6-7H2,1-2H3,(H,17,20)/t11-/m0/s1. The highest BCUT2D eigenvalue weighted by atomic mass is 19.1. The predicted molar refractivity (Wildman–Crippen MR) is 79.8 cm³/mol. The zero-order valence-corrected chi connectivity index (χ0v) is 12.8. The molecule has 1 fully saturated rings. The maximum absolute atomic E-state index is 14.3. The van der Waals surface area contributed by atoms with Gasteiger partial charge in [-0.2, -0.15) is 0 Å². The van der Waals surface area contributed by atoms with Gasteiger partial charge in [0, 0.05) is 14.0 Å². The van der Waals surface area contributed by atoms with Gasteiger partial charge in [0.25, 0.3) is 0 Å². The van der Waals surface area contributed by atoms with Crippen LogP contribution in [-0.4, -0.2) is 44.1 Å². The van der Waals surface area contributed by atoms with Crippen LogP contribution in [0.15, 0.2) is 12.1 Å². The molecule has 0 saturated carbocycles. The highest BCUT2D eigenvalue weighted by Gasteiger charge is 2.35. The Morgan fingerprint density at radius 2 is 2.17 bits per heavy atom. The third kappa shape index (κ3) is 2.71. The molecular weight excluding hydrogens is 305 g/mol. The van der Waals surface area contributed by atoms with Crippen molar-refractivity contribution in [2.75, 3.05) is 29.9 Å². The summed E-state index contributed by atoms with van der Waals surface area (Å²) in [6.45, 7) is 1.78. The highest BCUT2D eigenvalue weighted by Crippen LogP contribution is 2.35. The van der Waals surface area contributed by atoms with Crippen LogP contribution in [0.1, 0.15) is 12.5 Å². The minimum atomic E-state index is -0.600. The van der Waals surface area contributed by atoms with E-state index in [0.717, 1.165) is 0 Å². The van der Waals surface area contributed by atoms with Crippen molar-refractivity contribution in [1.82, 2.24) is 5.32 Å². The number of rotatable bonds is 3. The summed E-state index contributed by atoms with van der Waals surface area (Å²) in [5, 5.41) is 2.58. The molecule has 1 atom stereocenters. The third-order valence-corrected chi connectivity index (χ3v) is 3.94. The lowest BCUT2D eigenvalue weighted by Crippen LogP contribution is -2.33. The Morgan fingerprint density at radius 1 is 1.43 bits per heavy atom. The summed E-state index contributed by atoms with van der Waals surface area (Å²) in [6, 6.07) is 2.85. The van der Waals surface area contributed by atoms with E-state index in [4.69, 9.17) is 4.74 Å². The molecule has 3 rings (SSSR count). The number of carbonyl (C=O) groups excluding carboxylic acids is 3. The molecule has 0 radical (unpaired) electrons. The topological polar surface area (TPSA) is 79.0 Å². The molecule has 122 valence electrons. The summed E-state index contributed by atoms with van der Waals surface area (Å²) in [7, 11) is 1.52. The number of hydrogen-bond donors (Lipinski definition) is 1. The predicted octanol–water partition coefficient (Wildman–Crippen LogP) is 0.806. The lowest BCUT2D eigenvalue weighted by atomic mass is 10.1. The van der Waals surface area contributed by atoms with Gasteiger partial charge in [-0.05, 0) is 17.7 Å². The summed E-state index contributed by atoms with van der Waals surface area (Å²) in [4.78, 5) is 37.2. The minimum Gasteiger partial charge on any atom is -0.442 e. The second kappa shape index (κ2) is 5.53. The SMILES string of the molecule is CC(=O)NC[C@H]1CN(c2cc(F)c3c(c2)CC(=O)N3C)C(=O)O1. The van der Waals surface area contributed by atoms with E-state index in [9.17, 15) is 18.8 Å². The van der Waals surface area contributed by atoms with Crippen molar-refractivity contribution in [1.29, 1.82) is 0 Å². The Bertz CT molecular complexity index is 706. The largest absolute Gasteiger partial charge is 0.442 e. The lowest BCUT2D eigenvalue weighted by molar-refractivity contribution is -0.119. The minimum absolute atomic E-state index is 0.106. The first kappa shape index (κ1) is 15.3. The van der Waals surface area contributed by atoms with E-state index in [2.05, 4.69) is 5.32 Å². The Kier molecular flexibility index (Phi) is 3.67. The molecule has 1 aromatic rings. The summed E-state index contributed by atoms with van der Waals surface area (Å²) in [5.41, 5.74) is 1.14. The van der Waals surface area contributed by atoms with Crippen LogP contribution in [0.5, 0.6) is 0 Å². The zero-order valence-electron chi connectivity index (χ0n) is 12.8. The van der Waals surface area contributed by atoms with Gasteiger partial charge in [0.1, 0.15) is 11.9 Å². The van der Waals surface area contributed by atoms with Crippen molar-refractivity contribution < 1.29 is 23.5 Å². The molecule has 23 heavy (non-hydrogen) atoms. The van der Waals surface area contributed by atoms with Gasteiger partial charge in [0.15, 0.2) is 0 Å². The Morgan fingerprint density at radius 3 is 2.87 bits per heavy atom. The Hall–Kier alpha value is -2.64. The fourth-order valence-electron chi connectivity index (χ4n) is 2.81. The van der Waals surface area contributed by atoms with E-state index in [1.807, 2.05) is 0 Å². The van der Waals surface area contributed by atoms with Gasteiger partial charge in [-0.15, -0.1) is 0 Å². The van der Waals surface area contributed by atoms with Crippen LogP contribution in [0.4, 0.5) is 20.6 Å². The number of fused-ring (bicyclic) bond motifs is 1. The van der Waals surface area contributed by atoms with Gasteiger partial charge in [0.05, 0.1) is 30.9 Å². The number of halogens is 1. The third-order valence-electron chi connectivity index (χ3n) is 3.94. The molecular formula is C15H16FN3O4. The number of benzene rings is 1. The number of anilines is 2. The smallest absolute Gasteiger partial charge is 0.414 e. The van der Waals surface area contributed by atoms with E-state index >= 15 is 0 Å². The van der Waals surface area contributed by atoms with Gasteiger partial charge in [-0.25, -0.2) is 9.18 Å². The highest BCUT2D eigenvalue weighted by molar-refractivity contribution is 6.02. The van der Waals surface area contributed by atoms with E-state index in [1.165, 1.54) is 29.8 Å². The average molecular weight is 321 g/mol. The van der Waals surface area contributed by atoms with Crippen molar-refractivity contribution in [3.05, 3.63) is 23.5 Å². The molecule has 0 unspecified atom stereocenters. The van der Waals surface area contributed by atoms with Gasteiger partial charge < -0.3 is 15.0 Å². The molecule has 8 heteroatoms. The van der Waals surface area contributed by atoms with Gasteiger partial charge in [0.2, 0.25) is 11.8 Å². The quantitative estimate of drug-likeness (QED) is 0.893. The maximum atomic E-state index is 14.3. The first-order valence-corrected chi connectivity index (χ1v) is 7.18. The van der Waals surface area contributed by atoms with Gasteiger partial charge in [-0.1, -0.05) is 0 Å². The molecule has 1 aromatic carbocycles. The summed E-state index contributed by atoms with van der Waals surface area (Å²) in [5.74, 6) is -0.961. The Balaban J connectivity index is 1.82. The van der Waals surface area contributed by atoms with Crippen LogP contribution < -0.4 is 15.1 Å². The molecule has 1 saturated heterocycles. The second-order valence-electron chi connectivity index (χ2n) is 5.62. The monoisotopic (exact) mass is 321 g/mol. The molecule has 2 aliphatic rings. The fraction of sp³-hybridized carbons (Fsp3) is 0.400. The molecule has 0 spiro atoms. The van der Waals surface area contributed by atoms with Crippen LogP contribution in [0, 0.1) is 5.82 Å². The zero-order chi connectivity index (χ0) is 16.7. The van der Waals surface area contributed by atoms with E-state index in [0.29, 0.717) is 11.3 Å². The number of cyclic esters (lactones) is 1. The number of carbonyl (C=O) groups is 3. The van der Waals surface area contributed by atoms with Crippen molar-refractivity contribution >= 4 is 29.3 Å². The van der Waals surface area contributed by atoms with Crippen molar-refractivity contribution in [3.8, 4) is 0 Å². The number of likely N-dealkylation sites (N-methyl/N-ethyl adjacent to an activating group) is 1. The second-order valence-corrected chi connectivity index (χ2v) is 5.62. The summed E-state index contributed by atoms with van der Waals surface area (Å²) >= 11 is 0. The van der Waals surface area contributed by atoms with Crippen LogP contribution >= 0.6 is 0 Å². The van der Waals surface area contributed by atoms with Crippen LogP contribution in [0.3, 0.4) is 0 Å². The first-order valence-electron chi connectivity index (χ1n) is 7.18. The van der Waals surface area contributed by atoms with Crippen LogP contribution in [-0.2, 0) is 20.7 Å². The molecule has 2 aliphatic heterocycles. The van der Waals surface area contributed by atoms with E-state index < -0.39 is 18.0 Å². The number of hydrogen-bond acceptors (Lipinski definition) is 4. The van der Waals surface area contributed by atoms with Gasteiger partial charge in [-0.3, -0.25) is 14.5 Å². The number of nitrogens with zero attached hydrogens (tertiary/aromatic N) is 2. The van der Waals surface area contributed by atoms with Crippen molar-refractivity contribution in [2.45, 2.75) is 19.4 Å². The molecule has 3 amide bonds. The molecule has 0 aliphatic carbocycles. The molecule has 7 nitrogen and oxygen atoms in total. The molecule has 0 aromatic heterocycles. The first-order chi connectivity index (χ1) is 10.9. The number of ether oxygens (including phenoxy) is 1. The summed E-state index contributed by atoms with van der Waals surface area (Å²) in [6.07, 6.45) is -0.987. The van der Waals surface area contributed by atoms with E-state index in [1.54, 1.807) is 6.07 Å². The average Bonchev–Trinajstić information content (AvgIpc) is 2.98. The maximum Gasteiger partial charge on any atom is 0.414 e. The van der Waals surface area contributed by atoms with Crippen molar-refractivity contribution in [2.24, 2.45) is 0 Å². The molecule has 0 bridgehead atoms. The summed E-state index contributed by atoms with van der Waals surface area (Å²) < 4.78 is 19.4. The molecule has 2 heterocycles. The fourth-order valence-corrected chi connectivity index (χ4v) is 2.81. The van der Waals surface area contributed by atoms with E-state index in [-0.39, 0.29) is 37.0 Å². The van der Waals surface area contributed by atoms with Gasteiger partial charge >= 0.3 is 6.09 Å². The van der Waals surface area contributed by atoms with Crippen LogP contribution in [0.2, 0.25) is 0 Å². The van der Waals surface area contributed by atoms with Crippen LogP contribution in [0.25, 0.3) is 0 Å². The molecule has 1 N–H and O–H groups in total. The number of amides is 3. The Labute approximate surface area is 132 Å². The lowest BCUT2D eigenvalue weighted by Gasteiger charge is -2.16. The normalized spacial score (nSPS) is 19.9.